The van der Waals surface area contributed by atoms with Crippen LogP contribution in [0.5, 0.6) is 0 Å². The van der Waals surface area contributed by atoms with Crippen LogP contribution in [0.15, 0.2) is 182 Å². The van der Waals surface area contributed by atoms with Crippen LogP contribution in [0.3, 0.4) is 0 Å². The van der Waals surface area contributed by atoms with Crippen LogP contribution in [0.4, 0.5) is 0 Å². The van der Waals surface area contributed by atoms with Gasteiger partial charge in [0.1, 0.15) is 0 Å². The van der Waals surface area contributed by atoms with Crippen molar-refractivity contribution < 1.29 is 0 Å². The first kappa shape index (κ1) is 32.4. The van der Waals surface area contributed by atoms with E-state index in [1.54, 1.807) is 0 Å². The van der Waals surface area contributed by atoms with E-state index in [0.29, 0.717) is 17.8 Å². The van der Waals surface area contributed by atoms with E-state index in [2.05, 4.69) is 196 Å². The summed E-state index contributed by atoms with van der Waals surface area (Å²) < 4.78 is 0. The van der Waals surface area contributed by atoms with Crippen LogP contribution in [0.25, 0.3) is 16.7 Å². The number of hydrogen-bond donors (Lipinski definition) is 0. The third kappa shape index (κ3) is 7.60. The van der Waals surface area contributed by atoms with Gasteiger partial charge in [-0.1, -0.05) is 189 Å². The molecule has 0 aliphatic heterocycles. The van der Waals surface area contributed by atoms with Crippen molar-refractivity contribution in [3.05, 3.63) is 221 Å². The first-order valence-electron chi connectivity index (χ1n) is 17.9. The Balaban J connectivity index is 1.23. The van der Waals surface area contributed by atoms with Gasteiger partial charge in [-0.2, -0.15) is 0 Å². The average molecular weight is 635 g/mol. The Morgan fingerprint density at radius 2 is 1.16 bits per heavy atom. The van der Waals surface area contributed by atoms with Gasteiger partial charge in [0.05, 0.1) is 0 Å². The summed E-state index contributed by atoms with van der Waals surface area (Å²) in [6.07, 6.45) is 20.3. The molecule has 0 aromatic heterocycles. The lowest BCUT2D eigenvalue weighted by molar-refractivity contribution is 0.600. The fraction of sp³-hybridized carbons (Fsp3) is 0.184. The molecule has 2 aliphatic carbocycles. The number of rotatable bonds is 9. The van der Waals surface area contributed by atoms with Gasteiger partial charge < -0.3 is 0 Å². The Bertz CT molecular complexity index is 2000. The molecule has 0 saturated heterocycles. The largest absolute Gasteiger partial charge is 0.0804 e. The minimum absolute atomic E-state index is 0.274. The molecule has 0 saturated carbocycles. The van der Waals surface area contributed by atoms with Gasteiger partial charge in [0.25, 0.3) is 0 Å². The number of allylic oxidation sites excluding steroid dienone is 10. The summed E-state index contributed by atoms with van der Waals surface area (Å²) in [4.78, 5) is 0. The molecule has 49 heavy (non-hydrogen) atoms. The monoisotopic (exact) mass is 634 g/mol. The molecular formula is C49H46. The Hall–Kier alpha value is -5.20. The van der Waals surface area contributed by atoms with Gasteiger partial charge in [0.15, 0.2) is 0 Å². The minimum atomic E-state index is 0.274. The first-order chi connectivity index (χ1) is 24.1. The lowest BCUT2D eigenvalue weighted by Gasteiger charge is -2.26. The van der Waals surface area contributed by atoms with Crippen LogP contribution in [-0.4, -0.2) is 0 Å². The highest BCUT2D eigenvalue weighted by atomic mass is 14.3. The van der Waals surface area contributed by atoms with Crippen molar-refractivity contribution in [3.63, 3.8) is 0 Å². The Morgan fingerprint density at radius 3 is 1.82 bits per heavy atom. The standard InChI is InChI=1S/C49H46/c1-36(38-16-6-3-7-17-38)34-45(49-25-15-14-24-48(49)44-32-28-42(29-33-44)40-20-10-5-11-21-40)35-37(2)46-22-12-13-23-47(46)43-30-26-41(27-31-43)39-18-8-4-9-19-39/h3-28,30,32,34-36,42-44H,29,31,33H2,1-2H3/b37-35+,45-34+. The highest BCUT2D eigenvalue weighted by Crippen LogP contribution is 2.40. The maximum absolute atomic E-state index is 2.48. The summed E-state index contributed by atoms with van der Waals surface area (Å²) in [5, 5.41) is 0. The number of hydrogen-bond acceptors (Lipinski definition) is 0. The molecule has 242 valence electrons. The average Bonchev–Trinajstić information content (AvgIpc) is 3.19. The minimum Gasteiger partial charge on any atom is -0.0804 e. The molecule has 4 unspecified atom stereocenters. The molecule has 0 spiro atoms. The van der Waals surface area contributed by atoms with Crippen molar-refractivity contribution in [2.24, 2.45) is 0 Å². The highest BCUT2D eigenvalue weighted by Gasteiger charge is 2.22. The fourth-order valence-corrected chi connectivity index (χ4v) is 7.66. The van der Waals surface area contributed by atoms with E-state index in [9.17, 15) is 0 Å². The third-order valence-corrected chi connectivity index (χ3v) is 10.4. The molecule has 0 fully saturated rings. The van der Waals surface area contributed by atoms with Gasteiger partial charge in [-0.15, -0.1) is 0 Å². The molecule has 5 aromatic rings. The van der Waals surface area contributed by atoms with Crippen LogP contribution in [0.1, 0.15) is 95.7 Å². The maximum atomic E-state index is 2.48. The predicted molar refractivity (Wildman–Crippen MR) is 211 cm³/mol. The molecule has 4 atom stereocenters. The van der Waals surface area contributed by atoms with Gasteiger partial charge in [0.2, 0.25) is 0 Å². The molecule has 0 heterocycles. The lowest BCUT2D eigenvalue weighted by atomic mass is 9.78. The zero-order valence-electron chi connectivity index (χ0n) is 28.8. The highest BCUT2D eigenvalue weighted by molar-refractivity contribution is 5.86. The Labute approximate surface area is 293 Å². The Kier molecular flexibility index (Phi) is 10.1. The van der Waals surface area contributed by atoms with E-state index in [1.807, 2.05) is 0 Å². The molecule has 0 heteroatoms. The van der Waals surface area contributed by atoms with Crippen molar-refractivity contribution in [1.82, 2.24) is 0 Å². The normalized spacial score (nSPS) is 20.1. The molecule has 2 aliphatic rings. The molecule has 0 amide bonds. The molecule has 5 aromatic carbocycles. The molecule has 0 bridgehead atoms. The van der Waals surface area contributed by atoms with Crippen molar-refractivity contribution >= 4 is 16.7 Å². The van der Waals surface area contributed by atoms with Gasteiger partial charge in [-0.05, 0) is 87.8 Å². The predicted octanol–water partition coefficient (Wildman–Crippen LogP) is 13.3. The first-order valence-corrected chi connectivity index (χ1v) is 17.9. The second-order valence-electron chi connectivity index (χ2n) is 13.6. The van der Waals surface area contributed by atoms with Crippen molar-refractivity contribution in [1.29, 1.82) is 0 Å². The topological polar surface area (TPSA) is 0 Å². The summed E-state index contributed by atoms with van der Waals surface area (Å²) in [5.74, 6) is 1.50. The lowest BCUT2D eigenvalue weighted by Crippen LogP contribution is -2.08. The second kappa shape index (κ2) is 15.3. The van der Waals surface area contributed by atoms with Crippen molar-refractivity contribution in [2.45, 2.75) is 56.8 Å². The second-order valence-corrected chi connectivity index (χ2v) is 13.6. The van der Waals surface area contributed by atoms with E-state index in [1.165, 1.54) is 55.7 Å². The molecule has 0 N–H and O–H groups in total. The van der Waals surface area contributed by atoms with E-state index >= 15 is 0 Å². The summed E-state index contributed by atoms with van der Waals surface area (Å²) in [6, 6.07) is 50.7. The molecule has 0 radical (unpaired) electrons. The molecule has 0 nitrogen and oxygen atoms in total. The van der Waals surface area contributed by atoms with Gasteiger partial charge in [0, 0.05) is 17.8 Å². The maximum Gasteiger partial charge on any atom is 0.00621 e. The molecule has 7 rings (SSSR count). The third-order valence-electron chi connectivity index (χ3n) is 10.4. The van der Waals surface area contributed by atoms with Crippen LogP contribution < -0.4 is 0 Å². The fourth-order valence-electron chi connectivity index (χ4n) is 7.66. The zero-order chi connectivity index (χ0) is 33.4. The number of benzene rings is 5. The van der Waals surface area contributed by atoms with Crippen LogP contribution >= 0.6 is 0 Å². The quantitative estimate of drug-likeness (QED) is 0.112. The van der Waals surface area contributed by atoms with E-state index in [-0.39, 0.29) is 5.92 Å². The smallest absolute Gasteiger partial charge is 0.00621 e. The van der Waals surface area contributed by atoms with Crippen LogP contribution in [0.2, 0.25) is 0 Å². The van der Waals surface area contributed by atoms with Crippen LogP contribution in [0, 0.1) is 0 Å². The van der Waals surface area contributed by atoms with E-state index in [0.717, 1.165) is 19.3 Å². The summed E-state index contributed by atoms with van der Waals surface area (Å²) in [6.45, 7) is 4.62. The van der Waals surface area contributed by atoms with E-state index < -0.39 is 0 Å². The van der Waals surface area contributed by atoms with Crippen molar-refractivity contribution in [3.8, 4) is 0 Å². The van der Waals surface area contributed by atoms with Gasteiger partial charge in [-0.25, -0.2) is 0 Å². The van der Waals surface area contributed by atoms with Crippen LogP contribution in [-0.2, 0) is 0 Å². The van der Waals surface area contributed by atoms with Gasteiger partial charge in [-0.3, -0.25) is 0 Å². The SMILES string of the molecule is C/C(=C\C(=C/C(C)c1ccccc1)c1ccccc1C1C=CC(c2ccccc2)CC1)c1ccccc1C1C=CC(c2ccccc2)=CC1. The summed E-state index contributed by atoms with van der Waals surface area (Å²) >= 11 is 0. The summed E-state index contributed by atoms with van der Waals surface area (Å²) in [5.41, 5.74) is 13.4. The summed E-state index contributed by atoms with van der Waals surface area (Å²) in [7, 11) is 0. The van der Waals surface area contributed by atoms with Gasteiger partial charge >= 0.3 is 0 Å². The van der Waals surface area contributed by atoms with Crippen molar-refractivity contribution in [2.75, 3.05) is 0 Å². The molecular weight excluding hydrogens is 589 g/mol. The zero-order valence-corrected chi connectivity index (χ0v) is 28.8. The Morgan fingerprint density at radius 1 is 0.592 bits per heavy atom. The van der Waals surface area contributed by atoms with E-state index in [4.69, 9.17) is 0 Å².